The predicted molar refractivity (Wildman–Crippen MR) is 93.0 cm³/mol. The number of rotatable bonds is 6. The first-order chi connectivity index (χ1) is 11.8. The molecule has 0 aromatic heterocycles. The van der Waals surface area contributed by atoms with Crippen LogP contribution in [0.25, 0.3) is 0 Å². The van der Waals surface area contributed by atoms with Gasteiger partial charge in [-0.15, -0.1) is 0 Å². The highest BCUT2D eigenvalue weighted by molar-refractivity contribution is 7.92. The minimum atomic E-state index is -3.62. The molecule has 0 aliphatic heterocycles. The molecule has 0 heterocycles. The van der Waals surface area contributed by atoms with E-state index in [4.69, 9.17) is 5.26 Å². The molecule has 2 aromatic carbocycles. The molecule has 25 heavy (non-hydrogen) atoms. The summed E-state index contributed by atoms with van der Waals surface area (Å²) in [4.78, 5) is 12.0. The summed E-state index contributed by atoms with van der Waals surface area (Å²) in [6.45, 7) is -0.0826. The van der Waals surface area contributed by atoms with Crippen LogP contribution in [0.1, 0.15) is 12.0 Å². The number of halogens is 1. The van der Waals surface area contributed by atoms with E-state index < -0.39 is 21.7 Å². The van der Waals surface area contributed by atoms with Crippen molar-refractivity contribution < 1.29 is 17.6 Å². The van der Waals surface area contributed by atoms with Crippen LogP contribution in [0.5, 0.6) is 0 Å². The first-order valence-electron chi connectivity index (χ1n) is 7.33. The van der Waals surface area contributed by atoms with E-state index in [1.807, 2.05) is 6.07 Å². The number of amides is 1. The Morgan fingerprint density at radius 3 is 2.52 bits per heavy atom. The molecule has 130 valence electrons. The molecular weight excluding hydrogens is 345 g/mol. The summed E-state index contributed by atoms with van der Waals surface area (Å²) in [5, 5.41) is 11.5. The van der Waals surface area contributed by atoms with Gasteiger partial charge in [-0.3, -0.25) is 9.10 Å². The van der Waals surface area contributed by atoms with Gasteiger partial charge in [0.1, 0.15) is 5.82 Å². The van der Waals surface area contributed by atoms with Crippen molar-refractivity contribution in [3.8, 4) is 6.07 Å². The molecule has 0 unspecified atom stereocenters. The Bertz CT molecular complexity index is 905. The van der Waals surface area contributed by atoms with E-state index in [1.54, 1.807) is 18.2 Å². The van der Waals surface area contributed by atoms with Gasteiger partial charge in [-0.05, 0) is 42.5 Å². The highest BCUT2D eigenvalue weighted by atomic mass is 32.2. The molecule has 2 aromatic rings. The van der Waals surface area contributed by atoms with Gasteiger partial charge >= 0.3 is 0 Å². The van der Waals surface area contributed by atoms with Crippen LogP contribution in [0.3, 0.4) is 0 Å². The van der Waals surface area contributed by atoms with E-state index in [-0.39, 0.29) is 13.0 Å². The zero-order valence-corrected chi connectivity index (χ0v) is 14.3. The lowest BCUT2D eigenvalue weighted by atomic mass is 10.2. The van der Waals surface area contributed by atoms with Gasteiger partial charge in [0, 0.05) is 18.7 Å². The standard InChI is InChI=1S/C17H16FN3O3S/c1-25(23,24)21(16-4-2-3-13(11-16)12-19)10-9-17(22)20-15-7-5-14(18)6-8-15/h2-8,11H,9-10H2,1H3,(H,20,22). The van der Waals surface area contributed by atoms with E-state index in [2.05, 4.69) is 5.32 Å². The van der Waals surface area contributed by atoms with Crippen LogP contribution >= 0.6 is 0 Å². The lowest BCUT2D eigenvalue weighted by molar-refractivity contribution is -0.116. The lowest BCUT2D eigenvalue weighted by Gasteiger charge is -2.22. The molecule has 0 bridgehead atoms. The monoisotopic (exact) mass is 361 g/mol. The molecule has 0 aliphatic carbocycles. The third-order valence-electron chi connectivity index (χ3n) is 3.33. The Morgan fingerprint density at radius 1 is 1.24 bits per heavy atom. The van der Waals surface area contributed by atoms with Gasteiger partial charge in [-0.1, -0.05) is 6.07 Å². The molecule has 0 atom stereocenters. The molecule has 1 N–H and O–H groups in total. The highest BCUT2D eigenvalue weighted by Crippen LogP contribution is 2.19. The van der Waals surface area contributed by atoms with Crippen LogP contribution in [0, 0.1) is 17.1 Å². The third-order valence-corrected chi connectivity index (χ3v) is 4.53. The summed E-state index contributed by atoms with van der Waals surface area (Å²) in [6.07, 6.45) is 0.936. The van der Waals surface area contributed by atoms with Gasteiger partial charge in [-0.25, -0.2) is 12.8 Å². The number of nitriles is 1. The number of sulfonamides is 1. The van der Waals surface area contributed by atoms with Crippen molar-refractivity contribution in [3.05, 3.63) is 59.9 Å². The van der Waals surface area contributed by atoms with Gasteiger partial charge in [0.15, 0.2) is 0 Å². The summed E-state index contributed by atoms with van der Waals surface area (Å²) in [7, 11) is -3.62. The summed E-state index contributed by atoms with van der Waals surface area (Å²) in [5.74, 6) is -0.824. The Balaban J connectivity index is 2.09. The molecule has 0 saturated heterocycles. The largest absolute Gasteiger partial charge is 0.326 e. The van der Waals surface area contributed by atoms with E-state index in [1.165, 1.54) is 30.3 Å². The second-order valence-electron chi connectivity index (χ2n) is 5.30. The number of hydrogen-bond donors (Lipinski definition) is 1. The van der Waals surface area contributed by atoms with Gasteiger partial charge in [0.25, 0.3) is 0 Å². The van der Waals surface area contributed by atoms with Gasteiger partial charge in [0.05, 0.1) is 23.6 Å². The smallest absolute Gasteiger partial charge is 0.232 e. The van der Waals surface area contributed by atoms with Crippen LogP contribution in [0.4, 0.5) is 15.8 Å². The molecule has 0 aliphatic rings. The molecule has 0 fully saturated rings. The lowest BCUT2D eigenvalue weighted by Crippen LogP contribution is -2.33. The topological polar surface area (TPSA) is 90.3 Å². The Morgan fingerprint density at radius 2 is 1.92 bits per heavy atom. The van der Waals surface area contributed by atoms with Gasteiger partial charge in [0.2, 0.25) is 15.9 Å². The van der Waals surface area contributed by atoms with Gasteiger partial charge < -0.3 is 5.32 Å². The van der Waals surface area contributed by atoms with Crippen molar-refractivity contribution in [1.82, 2.24) is 0 Å². The molecule has 6 nitrogen and oxygen atoms in total. The second kappa shape index (κ2) is 7.77. The zero-order valence-electron chi connectivity index (χ0n) is 13.4. The summed E-state index contributed by atoms with van der Waals surface area (Å²) in [6, 6.07) is 13.3. The molecule has 0 spiro atoms. The van der Waals surface area contributed by atoms with E-state index in [9.17, 15) is 17.6 Å². The Kier molecular flexibility index (Phi) is 5.72. The maximum Gasteiger partial charge on any atom is 0.232 e. The average molecular weight is 361 g/mol. The molecule has 1 amide bonds. The van der Waals surface area contributed by atoms with Crippen molar-refractivity contribution in [1.29, 1.82) is 5.26 Å². The first-order valence-corrected chi connectivity index (χ1v) is 9.18. The maximum absolute atomic E-state index is 12.8. The number of anilines is 2. The van der Waals surface area contributed by atoms with Crippen molar-refractivity contribution in [3.63, 3.8) is 0 Å². The van der Waals surface area contributed by atoms with Crippen molar-refractivity contribution in [2.24, 2.45) is 0 Å². The third kappa shape index (κ3) is 5.29. The summed E-state index contributed by atoms with van der Waals surface area (Å²) >= 11 is 0. The van der Waals surface area contributed by atoms with Crippen LogP contribution in [0.15, 0.2) is 48.5 Å². The molecular formula is C17H16FN3O3S. The molecule has 0 saturated carbocycles. The van der Waals surface area contributed by atoms with Crippen LogP contribution in [0.2, 0.25) is 0 Å². The fourth-order valence-corrected chi connectivity index (χ4v) is 3.10. The minimum absolute atomic E-state index is 0.0826. The van der Waals surface area contributed by atoms with Crippen LogP contribution < -0.4 is 9.62 Å². The summed E-state index contributed by atoms with van der Waals surface area (Å²) < 4.78 is 37.9. The number of carbonyl (C=O) groups excluding carboxylic acids is 1. The average Bonchev–Trinajstić information content (AvgIpc) is 2.56. The molecule has 0 radical (unpaired) electrons. The van der Waals surface area contributed by atoms with Crippen molar-refractivity contribution in [2.75, 3.05) is 22.4 Å². The van der Waals surface area contributed by atoms with Crippen LogP contribution in [-0.4, -0.2) is 27.1 Å². The molecule has 8 heteroatoms. The molecule has 2 rings (SSSR count). The van der Waals surface area contributed by atoms with Crippen molar-refractivity contribution >= 4 is 27.3 Å². The van der Waals surface area contributed by atoms with E-state index in [0.29, 0.717) is 16.9 Å². The minimum Gasteiger partial charge on any atom is -0.326 e. The number of nitrogens with one attached hydrogen (secondary N) is 1. The number of carbonyl (C=O) groups is 1. The zero-order chi connectivity index (χ0) is 18.4. The van der Waals surface area contributed by atoms with Crippen molar-refractivity contribution in [2.45, 2.75) is 6.42 Å². The fourth-order valence-electron chi connectivity index (χ4n) is 2.18. The highest BCUT2D eigenvalue weighted by Gasteiger charge is 2.19. The Labute approximate surface area is 145 Å². The van der Waals surface area contributed by atoms with E-state index in [0.717, 1.165) is 10.6 Å². The maximum atomic E-state index is 12.8. The number of benzene rings is 2. The predicted octanol–water partition coefficient (Wildman–Crippen LogP) is 2.49. The second-order valence-corrected chi connectivity index (χ2v) is 7.21. The number of hydrogen-bond acceptors (Lipinski definition) is 4. The van der Waals surface area contributed by atoms with E-state index >= 15 is 0 Å². The number of nitrogens with zero attached hydrogens (tertiary/aromatic N) is 2. The fraction of sp³-hybridized carbons (Fsp3) is 0.176. The normalized spacial score (nSPS) is 10.8. The first kappa shape index (κ1) is 18.4. The quantitative estimate of drug-likeness (QED) is 0.856. The Hall–Kier alpha value is -2.92. The van der Waals surface area contributed by atoms with Crippen LogP contribution in [-0.2, 0) is 14.8 Å². The van der Waals surface area contributed by atoms with Gasteiger partial charge in [-0.2, -0.15) is 5.26 Å². The SMILES string of the molecule is CS(=O)(=O)N(CCC(=O)Nc1ccc(F)cc1)c1cccc(C#N)c1. The summed E-state index contributed by atoms with van der Waals surface area (Å²) in [5.41, 5.74) is 1.06.